The van der Waals surface area contributed by atoms with Gasteiger partial charge in [-0.05, 0) is 43.9 Å². The molecule has 0 radical (unpaired) electrons. The Hall–Kier alpha value is -2.63. The standard InChI is InChI=1S/C18H24N4O2/c1-12(2)7-8-13(3)19-18(24)20-15-6-4-5-14(11-15)16-9-10-17(23)22-21-16/h4-6,9-13H,7-8H2,1-3H3,(H,22,23)(H2,19,20,24). The molecule has 0 aliphatic rings. The van der Waals surface area contributed by atoms with Crippen molar-refractivity contribution >= 4 is 11.7 Å². The van der Waals surface area contributed by atoms with Crippen LogP contribution in [0.2, 0.25) is 0 Å². The van der Waals surface area contributed by atoms with Gasteiger partial charge >= 0.3 is 6.03 Å². The van der Waals surface area contributed by atoms with E-state index in [0.717, 1.165) is 18.4 Å². The zero-order chi connectivity index (χ0) is 17.5. The second kappa shape index (κ2) is 8.29. The molecule has 0 spiro atoms. The Morgan fingerprint density at radius 2 is 1.96 bits per heavy atom. The molecule has 1 aromatic carbocycles. The Balaban J connectivity index is 1.97. The van der Waals surface area contributed by atoms with Crippen molar-refractivity contribution in [1.82, 2.24) is 15.5 Å². The van der Waals surface area contributed by atoms with E-state index in [0.29, 0.717) is 17.3 Å². The van der Waals surface area contributed by atoms with Gasteiger partial charge in [0.05, 0.1) is 5.69 Å². The summed E-state index contributed by atoms with van der Waals surface area (Å²) in [6, 6.07) is 10.3. The first kappa shape index (κ1) is 17.7. The first-order valence-electron chi connectivity index (χ1n) is 8.17. The molecule has 0 saturated carbocycles. The van der Waals surface area contributed by atoms with Crippen LogP contribution >= 0.6 is 0 Å². The first-order chi connectivity index (χ1) is 11.4. The Bertz CT molecular complexity index is 719. The molecule has 1 unspecified atom stereocenters. The van der Waals surface area contributed by atoms with E-state index < -0.39 is 0 Å². The van der Waals surface area contributed by atoms with Crippen LogP contribution in [0.25, 0.3) is 11.3 Å². The SMILES string of the molecule is CC(C)CCC(C)NC(=O)Nc1cccc(-c2ccc(=O)[nH]n2)c1. The van der Waals surface area contributed by atoms with Gasteiger partial charge in [0, 0.05) is 23.4 Å². The van der Waals surface area contributed by atoms with Crippen LogP contribution in [0, 0.1) is 5.92 Å². The predicted molar refractivity (Wildman–Crippen MR) is 96.0 cm³/mol. The van der Waals surface area contributed by atoms with Crippen molar-refractivity contribution in [3.8, 4) is 11.3 Å². The van der Waals surface area contributed by atoms with E-state index in [-0.39, 0.29) is 17.6 Å². The second-order valence-corrected chi connectivity index (χ2v) is 6.36. The van der Waals surface area contributed by atoms with Gasteiger partial charge in [-0.15, -0.1) is 0 Å². The van der Waals surface area contributed by atoms with E-state index in [1.165, 1.54) is 6.07 Å². The number of nitrogens with zero attached hydrogens (tertiary/aromatic N) is 1. The van der Waals surface area contributed by atoms with E-state index in [2.05, 4.69) is 34.7 Å². The third-order valence-electron chi connectivity index (χ3n) is 3.65. The molecule has 0 aliphatic heterocycles. The summed E-state index contributed by atoms with van der Waals surface area (Å²) in [6.07, 6.45) is 2.03. The van der Waals surface area contributed by atoms with Crippen LogP contribution in [0.3, 0.4) is 0 Å². The van der Waals surface area contributed by atoms with Gasteiger partial charge in [0.25, 0.3) is 5.56 Å². The van der Waals surface area contributed by atoms with Gasteiger partial charge in [0.15, 0.2) is 0 Å². The summed E-state index contributed by atoms with van der Waals surface area (Å²) in [5.41, 5.74) is 1.89. The molecule has 2 rings (SSSR count). The Labute approximate surface area is 141 Å². The van der Waals surface area contributed by atoms with Crippen molar-refractivity contribution in [2.75, 3.05) is 5.32 Å². The number of amides is 2. The third kappa shape index (κ3) is 5.53. The van der Waals surface area contributed by atoms with Gasteiger partial charge < -0.3 is 10.6 Å². The highest BCUT2D eigenvalue weighted by Gasteiger charge is 2.09. The number of anilines is 1. The van der Waals surface area contributed by atoms with E-state index in [1.54, 1.807) is 6.07 Å². The van der Waals surface area contributed by atoms with Crippen molar-refractivity contribution < 1.29 is 4.79 Å². The lowest BCUT2D eigenvalue weighted by Gasteiger charge is -2.16. The lowest BCUT2D eigenvalue weighted by atomic mass is 10.0. The quantitative estimate of drug-likeness (QED) is 0.759. The van der Waals surface area contributed by atoms with Gasteiger partial charge in [0.2, 0.25) is 0 Å². The molecule has 3 N–H and O–H groups in total. The number of rotatable bonds is 6. The minimum atomic E-state index is -0.247. The van der Waals surface area contributed by atoms with Crippen LogP contribution < -0.4 is 16.2 Å². The van der Waals surface area contributed by atoms with Crippen LogP contribution in [-0.2, 0) is 0 Å². The first-order valence-corrected chi connectivity index (χ1v) is 8.17. The molecule has 24 heavy (non-hydrogen) atoms. The van der Waals surface area contributed by atoms with Crippen molar-refractivity contribution in [2.24, 2.45) is 5.92 Å². The van der Waals surface area contributed by atoms with E-state index in [1.807, 2.05) is 31.2 Å². The van der Waals surface area contributed by atoms with Crippen LogP contribution in [0.15, 0.2) is 41.2 Å². The average Bonchev–Trinajstić information content (AvgIpc) is 2.53. The molecule has 0 aliphatic carbocycles. The Morgan fingerprint density at radius 1 is 1.17 bits per heavy atom. The lowest BCUT2D eigenvalue weighted by molar-refractivity contribution is 0.248. The maximum atomic E-state index is 12.1. The highest BCUT2D eigenvalue weighted by Crippen LogP contribution is 2.19. The normalized spacial score (nSPS) is 12.0. The second-order valence-electron chi connectivity index (χ2n) is 6.36. The van der Waals surface area contributed by atoms with Crippen LogP contribution in [-0.4, -0.2) is 22.3 Å². The number of hydrogen-bond acceptors (Lipinski definition) is 3. The lowest BCUT2D eigenvalue weighted by Crippen LogP contribution is -2.36. The zero-order valence-electron chi connectivity index (χ0n) is 14.3. The molecular weight excluding hydrogens is 304 g/mol. The molecule has 6 nitrogen and oxygen atoms in total. The number of carbonyl (C=O) groups is 1. The maximum absolute atomic E-state index is 12.1. The molecule has 2 aromatic rings. The van der Waals surface area contributed by atoms with Gasteiger partial charge in [-0.1, -0.05) is 26.0 Å². The van der Waals surface area contributed by atoms with E-state index >= 15 is 0 Å². The van der Waals surface area contributed by atoms with Crippen molar-refractivity contribution in [3.05, 3.63) is 46.8 Å². The third-order valence-corrected chi connectivity index (χ3v) is 3.65. The molecule has 1 atom stereocenters. The minimum Gasteiger partial charge on any atom is -0.335 e. The number of aromatic amines is 1. The molecule has 1 aromatic heterocycles. The molecule has 0 bridgehead atoms. The Morgan fingerprint density at radius 3 is 2.62 bits per heavy atom. The number of benzene rings is 1. The van der Waals surface area contributed by atoms with Gasteiger partial charge in [-0.25, -0.2) is 9.89 Å². The largest absolute Gasteiger partial charge is 0.335 e. The van der Waals surface area contributed by atoms with Gasteiger partial charge in [0.1, 0.15) is 0 Å². The number of nitrogens with one attached hydrogen (secondary N) is 3. The average molecular weight is 328 g/mol. The molecule has 0 fully saturated rings. The summed E-state index contributed by atoms with van der Waals surface area (Å²) < 4.78 is 0. The van der Waals surface area contributed by atoms with Gasteiger partial charge in [-0.2, -0.15) is 5.10 Å². The molecule has 0 saturated heterocycles. The summed E-state index contributed by atoms with van der Waals surface area (Å²) in [6.45, 7) is 6.34. The monoisotopic (exact) mass is 328 g/mol. The summed E-state index contributed by atoms with van der Waals surface area (Å²) in [5, 5.41) is 12.2. The van der Waals surface area contributed by atoms with Crippen LogP contribution in [0.1, 0.15) is 33.6 Å². The number of urea groups is 1. The zero-order valence-corrected chi connectivity index (χ0v) is 14.3. The highest BCUT2D eigenvalue weighted by molar-refractivity contribution is 5.90. The van der Waals surface area contributed by atoms with E-state index in [9.17, 15) is 9.59 Å². The summed E-state index contributed by atoms with van der Waals surface area (Å²) >= 11 is 0. The predicted octanol–water partition coefficient (Wildman–Crippen LogP) is 3.38. The fourth-order valence-electron chi connectivity index (χ4n) is 2.31. The molecular formula is C18H24N4O2. The van der Waals surface area contributed by atoms with Gasteiger partial charge in [-0.3, -0.25) is 4.79 Å². The fourth-order valence-corrected chi connectivity index (χ4v) is 2.31. The van der Waals surface area contributed by atoms with E-state index in [4.69, 9.17) is 0 Å². The van der Waals surface area contributed by atoms with Crippen molar-refractivity contribution in [1.29, 1.82) is 0 Å². The number of H-pyrrole nitrogens is 1. The van der Waals surface area contributed by atoms with Crippen LogP contribution in [0.4, 0.5) is 10.5 Å². The number of carbonyl (C=O) groups excluding carboxylic acids is 1. The highest BCUT2D eigenvalue weighted by atomic mass is 16.2. The van der Waals surface area contributed by atoms with Crippen LogP contribution in [0.5, 0.6) is 0 Å². The fraction of sp³-hybridized carbons (Fsp3) is 0.389. The smallest absolute Gasteiger partial charge is 0.319 e. The molecule has 128 valence electrons. The summed E-state index contributed by atoms with van der Waals surface area (Å²) in [7, 11) is 0. The topological polar surface area (TPSA) is 86.9 Å². The van der Waals surface area contributed by atoms with Crippen molar-refractivity contribution in [2.45, 2.75) is 39.7 Å². The number of aromatic nitrogens is 2. The minimum absolute atomic E-state index is 0.122. The number of hydrogen-bond donors (Lipinski definition) is 3. The molecule has 6 heteroatoms. The summed E-state index contributed by atoms with van der Waals surface area (Å²) in [5.74, 6) is 0.624. The molecule has 2 amide bonds. The summed E-state index contributed by atoms with van der Waals surface area (Å²) in [4.78, 5) is 23.2. The molecule has 1 heterocycles. The van der Waals surface area contributed by atoms with Crippen molar-refractivity contribution in [3.63, 3.8) is 0 Å². The maximum Gasteiger partial charge on any atom is 0.319 e. The Kier molecular flexibility index (Phi) is 6.12.